The second-order valence-electron chi connectivity index (χ2n) is 4.79. The fourth-order valence-electron chi connectivity index (χ4n) is 2.54. The molecule has 2 unspecified atom stereocenters. The van der Waals surface area contributed by atoms with Gasteiger partial charge >= 0.3 is 0 Å². The number of amides is 1. The Hall–Kier alpha value is -1.75. The highest BCUT2D eigenvalue weighted by Gasteiger charge is 2.27. The van der Waals surface area contributed by atoms with E-state index in [1.807, 2.05) is 0 Å². The van der Waals surface area contributed by atoms with Crippen LogP contribution in [0.15, 0.2) is 18.2 Å². The lowest BCUT2D eigenvalue weighted by atomic mass is 10.0. The zero-order chi connectivity index (χ0) is 13.1. The van der Waals surface area contributed by atoms with Crippen LogP contribution in [-0.4, -0.2) is 23.7 Å². The number of primary amides is 1. The minimum Gasteiger partial charge on any atom is -0.399 e. The van der Waals surface area contributed by atoms with Gasteiger partial charge in [0.25, 0.3) is 5.91 Å². The largest absolute Gasteiger partial charge is 0.399 e. The Morgan fingerprint density at radius 2 is 2.22 bits per heavy atom. The third-order valence-electron chi connectivity index (χ3n) is 3.54. The van der Waals surface area contributed by atoms with E-state index >= 15 is 0 Å². The minimum absolute atomic E-state index is 0.159. The Balaban J connectivity index is 2.22. The Morgan fingerprint density at radius 3 is 2.89 bits per heavy atom. The summed E-state index contributed by atoms with van der Waals surface area (Å²) in [6.07, 6.45) is 3.07. The summed E-state index contributed by atoms with van der Waals surface area (Å²) in [5.41, 5.74) is 12.7. The van der Waals surface area contributed by atoms with Gasteiger partial charge in [-0.2, -0.15) is 0 Å². The summed E-state index contributed by atoms with van der Waals surface area (Å²) in [5.74, 6) is -0.247. The molecular formula is C13H19N3O2. The van der Waals surface area contributed by atoms with Crippen molar-refractivity contribution < 1.29 is 9.90 Å². The maximum Gasteiger partial charge on any atom is 0.250 e. The number of hydrogen-bond donors (Lipinski definition) is 4. The lowest BCUT2D eigenvalue weighted by molar-refractivity contribution is 0.100. The van der Waals surface area contributed by atoms with Gasteiger partial charge in [0.05, 0.1) is 5.56 Å². The molecule has 6 N–H and O–H groups in total. The molecule has 2 rings (SSSR count). The highest BCUT2D eigenvalue weighted by atomic mass is 16.3. The third-order valence-corrected chi connectivity index (χ3v) is 3.54. The summed E-state index contributed by atoms with van der Waals surface area (Å²) < 4.78 is 0. The molecule has 18 heavy (non-hydrogen) atoms. The van der Waals surface area contributed by atoms with Crippen molar-refractivity contribution in [2.45, 2.75) is 25.3 Å². The van der Waals surface area contributed by atoms with E-state index < -0.39 is 5.91 Å². The summed E-state index contributed by atoms with van der Waals surface area (Å²) in [7, 11) is 0. The Labute approximate surface area is 106 Å². The van der Waals surface area contributed by atoms with Gasteiger partial charge in [0.1, 0.15) is 0 Å². The lowest BCUT2D eigenvalue weighted by Crippen LogP contribution is -2.28. The van der Waals surface area contributed by atoms with Crippen molar-refractivity contribution in [3.8, 4) is 0 Å². The van der Waals surface area contributed by atoms with Crippen molar-refractivity contribution in [2.24, 2.45) is 11.7 Å². The number of aliphatic hydroxyl groups excluding tert-OH is 1. The molecule has 5 nitrogen and oxygen atoms in total. The van der Waals surface area contributed by atoms with Gasteiger partial charge in [-0.15, -0.1) is 0 Å². The van der Waals surface area contributed by atoms with Crippen molar-refractivity contribution in [1.82, 2.24) is 0 Å². The number of anilines is 2. The second-order valence-corrected chi connectivity index (χ2v) is 4.79. The first kappa shape index (κ1) is 12.7. The van der Waals surface area contributed by atoms with E-state index in [9.17, 15) is 9.90 Å². The summed E-state index contributed by atoms with van der Waals surface area (Å²) in [6, 6.07) is 5.18. The van der Waals surface area contributed by atoms with Crippen LogP contribution in [0.1, 0.15) is 29.6 Å². The van der Waals surface area contributed by atoms with Gasteiger partial charge in [0.2, 0.25) is 0 Å². The highest BCUT2D eigenvalue weighted by molar-refractivity contribution is 5.99. The van der Waals surface area contributed by atoms with E-state index in [0.29, 0.717) is 16.9 Å². The van der Waals surface area contributed by atoms with Crippen LogP contribution in [0.4, 0.5) is 11.4 Å². The zero-order valence-corrected chi connectivity index (χ0v) is 10.2. The van der Waals surface area contributed by atoms with Crippen molar-refractivity contribution >= 4 is 17.3 Å². The summed E-state index contributed by atoms with van der Waals surface area (Å²) in [4.78, 5) is 11.3. The predicted octanol–water partition coefficient (Wildman–Crippen LogP) is 0.941. The number of benzene rings is 1. The van der Waals surface area contributed by atoms with Crippen molar-refractivity contribution in [3.63, 3.8) is 0 Å². The number of hydrogen-bond acceptors (Lipinski definition) is 4. The highest BCUT2D eigenvalue weighted by Crippen LogP contribution is 2.30. The van der Waals surface area contributed by atoms with Crippen LogP contribution < -0.4 is 16.8 Å². The fraction of sp³-hybridized carbons (Fsp3) is 0.462. The number of nitrogens with two attached hydrogens (primary N) is 2. The molecule has 0 aromatic heterocycles. The average Bonchev–Trinajstić information content (AvgIpc) is 2.76. The standard InChI is InChI=1S/C13H19N3O2/c14-9-4-5-10(13(15)18)12(6-9)16-11-3-1-2-8(11)7-17/h4-6,8,11,16-17H,1-3,7,14H2,(H2,15,18). The van der Waals surface area contributed by atoms with E-state index in [-0.39, 0.29) is 18.6 Å². The van der Waals surface area contributed by atoms with Gasteiger partial charge in [-0.3, -0.25) is 4.79 Å². The first-order chi connectivity index (χ1) is 8.61. The molecule has 1 aromatic carbocycles. The molecular weight excluding hydrogens is 230 g/mol. The Morgan fingerprint density at radius 1 is 1.44 bits per heavy atom. The van der Waals surface area contributed by atoms with Crippen LogP contribution in [-0.2, 0) is 0 Å². The molecule has 1 aliphatic rings. The molecule has 1 aliphatic carbocycles. The molecule has 0 bridgehead atoms. The number of aliphatic hydroxyl groups is 1. The van der Waals surface area contributed by atoms with Gasteiger partial charge in [-0.25, -0.2) is 0 Å². The smallest absolute Gasteiger partial charge is 0.250 e. The Kier molecular flexibility index (Phi) is 3.72. The molecule has 0 heterocycles. The monoisotopic (exact) mass is 249 g/mol. The second kappa shape index (κ2) is 5.27. The number of nitrogens with one attached hydrogen (secondary N) is 1. The predicted molar refractivity (Wildman–Crippen MR) is 71.2 cm³/mol. The van der Waals surface area contributed by atoms with Crippen LogP contribution in [0.25, 0.3) is 0 Å². The molecule has 0 radical (unpaired) electrons. The molecule has 2 atom stereocenters. The lowest BCUT2D eigenvalue weighted by Gasteiger charge is -2.21. The molecule has 98 valence electrons. The normalized spacial score (nSPS) is 22.9. The molecule has 5 heteroatoms. The van der Waals surface area contributed by atoms with Crippen LogP contribution in [0.5, 0.6) is 0 Å². The van der Waals surface area contributed by atoms with E-state index in [0.717, 1.165) is 19.3 Å². The van der Waals surface area contributed by atoms with Crippen LogP contribution in [0, 0.1) is 5.92 Å². The van der Waals surface area contributed by atoms with Crippen LogP contribution in [0.2, 0.25) is 0 Å². The number of carbonyl (C=O) groups is 1. The molecule has 1 saturated carbocycles. The maximum atomic E-state index is 11.3. The summed E-state index contributed by atoms with van der Waals surface area (Å²) in [5, 5.41) is 12.6. The fourth-order valence-corrected chi connectivity index (χ4v) is 2.54. The Bertz CT molecular complexity index is 448. The number of nitrogen functional groups attached to an aromatic ring is 1. The number of carbonyl (C=O) groups excluding carboxylic acids is 1. The molecule has 1 amide bonds. The van der Waals surface area contributed by atoms with Crippen molar-refractivity contribution in [3.05, 3.63) is 23.8 Å². The average molecular weight is 249 g/mol. The molecule has 1 aromatic rings. The first-order valence-electron chi connectivity index (χ1n) is 6.18. The van der Waals surface area contributed by atoms with Crippen molar-refractivity contribution in [2.75, 3.05) is 17.7 Å². The third kappa shape index (κ3) is 2.56. The number of rotatable bonds is 4. The van der Waals surface area contributed by atoms with E-state index in [1.165, 1.54) is 0 Å². The summed E-state index contributed by atoms with van der Waals surface area (Å²) in [6.45, 7) is 0.159. The maximum absolute atomic E-state index is 11.3. The molecule has 0 aliphatic heterocycles. The van der Waals surface area contributed by atoms with Gasteiger partial charge < -0.3 is 21.9 Å². The van der Waals surface area contributed by atoms with Gasteiger partial charge in [0, 0.05) is 29.9 Å². The van der Waals surface area contributed by atoms with Gasteiger partial charge in [-0.05, 0) is 31.0 Å². The summed E-state index contributed by atoms with van der Waals surface area (Å²) >= 11 is 0. The first-order valence-corrected chi connectivity index (χ1v) is 6.18. The minimum atomic E-state index is -0.476. The van der Waals surface area contributed by atoms with Gasteiger partial charge in [0.15, 0.2) is 0 Å². The molecule has 1 fully saturated rings. The molecule has 0 saturated heterocycles. The van der Waals surface area contributed by atoms with Gasteiger partial charge in [-0.1, -0.05) is 6.42 Å². The van der Waals surface area contributed by atoms with E-state index in [1.54, 1.807) is 18.2 Å². The van der Waals surface area contributed by atoms with Crippen LogP contribution >= 0.6 is 0 Å². The van der Waals surface area contributed by atoms with Crippen molar-refractivity contribution in [1.29, 1.82) is 0 Å². The SMILES string of the molecule is NC(=O)c1ccc(N)cc1NC1CCCC1CO. The topological polar surface area (TPSA) is 101 Å². The van der Waals surface area contributed by atoms with E-state index in [2.05, 4.69) is 5.32 Å². The molecule has 0 spiro atoms. The quantitative estimate of drug-likeness (QED) is 0.596. The zero-order valence-electron chi connectivity index (χ0n) is 10.2. The van der Waals surface area contributed by atoms with E-state index in [4.69, 9.17) is 11.5 Å². The van der Waals surface area contributed by atoms with Crippen LogP contribution in [0.3, 0.4) is 0 Å².